The number of nitrogens with zero attached hydrogens (tertiary/aromatic N) is 3. The lowest BCUT2D eigenvalue weighted by Gasteiger charge is -2.11. The van der Waals surface area contributed by atoms with E-state index in [9.17, 15) is 13.6 Å². The van der Waals surface area contributed by atoms with Crippen LogP contribution in [0.2, 0.25) is 5.02 Å². The first-order valence-electron chi connectivity index (χ1n) is 9.85. The predicted molar refractivity (Wildman–Crippen MR) is 139 cm³/mol. The maximum atomic E-state index is 11.7. The molecule has 4 rings (SSSR count). The zero-order chi connectivity index (χ0) is 24.5. The van der Waals surface area contributed by atoms with Gasteiger partial charge in [0, 0.05) is 34.3 Å². The fraction of sp³-hybridized carbons (Fsp3) is 0.0435. The Labute approximate surface area is 211 Å². The van der Waals surface area contributed by atoms with Crippen LogP contribution in [-0.4, -0.2) is 39.8 Å². The van der Waals surface area contributed by atoms with E-state index in [1.54, 1.807) is 28.9 Å². The van der Waals surface area contributed by atoms with Gasteiger partial charge < -0.3 is 0 Å². The zero-order valence-corrected chi connectivity index (χ0v) is 21.0. The maximum Gasteiger partial charge on any atom is 0.238 e. The molecule has 0 aliphatic rings. The fourth-order valence-electron chi connectivity index (χ4n) is 3.22. The summed E-state index contributed by atoms with van der Waals surface area (Å²) in [6, 6.07) is 21.2. The van der Waals surface area contributed by atoms with Gasteiger partial charge in [-0.1, -0.05) is 65.9 Å². The van der Waals surface area contributed by atoms with Crippen LogP contribution in [0, 0.1) is 0 Å². The van der Waals surface area contributed by atoms with Gasteiger partial charge in [-0.15, -0.1) is 0 Å². The van der Waals surface area contributed by atoms with Gasteiger partial charge in [-0.3, -0.25) is 5.21 Å². The number of aromatic nitrogens is 2. The summed E-state index contributed by atoms with van der Waals surface area (Å²) < 4.78 is 25.4. The molecule has 0 amide bonds. The second-order valence-electron chi connectivity index (χ2n) is 7.30. The van der Waals surface area contributed by atoms with Gasteiger partial charge in [0.25, 0.3) is 0 Å². The number of benzene rings is 3. The van der Waals surface area contributed by atoms with Crippen molar-refractivity contribution in [3.8, 4) is 28.1 Å². The Hall–Kier alpha value is -2.73. The Morgan fingerprint density at radius 1 is 1.09 bits per heavy atom. The number of thioether (sulfide) groups is 1. The normalized spacial score (nSPS) is 11.4. The molecule has 0 unspecified atom stereocenters. The lowest BCUT2D eigenvalue weighted by molar-refractivity contribution is 0.0205. The Morgan fingerprint density at radius 2 is 1.74 bits per heavy atom. The van der Waals surface area contributed by atoms with Crippen molar-refractivity contribution in [1.29, 1.82) is 0 Å². The average Bonchev–Trinajstić information content (AvgIpc) is 3.25. The number of nitrogens with two attached hydrogens (primary N) is 1. The minimum Gasteiger partial charge on any atom is -0.287 e. The molecule has 0 saturated carbocycles. The van der Waals surface area contributed by atoms with E-state index < -0.39 is 10.0 Å². The van der Waals surface area contributed by atoms with E-state index in [1.165, 1.54) is 30.9 Å². The van der Waals surface area contributed by atoms with Crippen LogP contribution in [-0.2, 0) is 10.0 Å². The maximum absolute atomic E-state index is 11.7. The molecule has 1 aromatic heterocycles. The van der Waals surface area contributed by atoms with Crippen LogP contribution in [0.5, 0.6) is 0 Å². The van der Waals surface area contributed by atoms with Crippen LogP contribution < -0.4 is 5.14 Å². The van der Waals surface area contributed by atoms with E-state index in [-0.39, 0.29) is 4.90 Å². The van der Waals surface area contributed by atoms with Gasteiger partial charge in [0.15, 0.2) is 4.32 Å². The summed E-state index contributed by atoms with van der Waals surface area (Å²) in [6.45, 7) is 0. The number of thiocarbonyl (C=S) groups is 1. The summed E-state index contributed by atoms with van der Waals surface area (Å²) in [5, 5.41) is 21.1. The Bertz CT molecular complexity index is 1450. The molecule has 0 aliphatic heterocycles. The molecule has 3 aromatic carbocycles. The number of hydrogen-bond acceptors (Lipinski definition) is 6. The highest BCUT2D eigenvalue weighted by Crippen LogP contribution is 2.34. The summed E-state index contributed by atoms with van der Waals surface area (Å²) in [5.41, 5.74) is 3.91. The lowest BCUT2D eigenvalue weighted by Crippen LogP contribution is -2.16. The third kappa shape index (κ3) is 5.49. The van der Waals surface area contributed by atoms with Crippen LogP contribution in [0.4, 0.5) is 0 Å². The molecular weight excluding hydrogens is 512 g/mol. The van der Waals surface area contributed by atoms with Crippen molar-refractivity contribution in [3.05, 3.63) is 84.0 Å². The van der Waals surface area contributed by atoms with E-state index >= 15 is 0 Å². The Morgan fingerprint density at radius 3 is 2.35 bits per heavy atom. The third-order valence-corrected chi connectivity index (χ3v) is 7.50. The molecule has 0 bridgehead atoms. The van der Waals surface area contributed by atoms with Gasteiger partial charge in [-0.05, 0) is 48.0 Å². The molecule has 1 heterocycles. The minimum atomic E-state index is -3.80. The quantitative estimate of drug-likeness (QED) is 0.207. The summed E-state index contributed by atoms with van der Waals surface area (Å²) >= 11 is 12.5. The summed E-state index contributed by atoms with van der Waals surface area (Å²) in [5.74, 6) is 0. The highest BCUT2D eigenvalue weighted by Gasteiger charge is 2.16. The number of primary sulfonamides is 1. The standard InChI is InChI=1S/C23H19ClN4O3S3/c1-27(29)23(32)33-19-4-2-3-18(13-19)28-14-21(15-5-9-17(24)10-6-15)22(26-28)16-7-11-20(12-8-16)34(25,30)31/h2-14,29H,1H3,(H2,25,30,31). The second kappa shape index (κ2) is 9.87. The molecule has 0 radical (unpaired) electrons. The largest absolute Gasteiger partial charge is 0.287 e. The Kier molecular flexibility index (Phi) is 7.08. The lowest BCUT2D eigenvalue weighted by atomic mass is 10.0. The molecule has 3 N–H and O–H groups in total. The number of hydrogen-bond donors (Lipinski definition) is 2. The summed E-state index contributed by atoms with van der Waals surface area (Å²) in [7, 11) is -2.33. The molecule has 34 heavy (non-hydrogen) atoms. The third-order valence-electron chi connectivity index (χ3n) is 4.88. The molecule has 7 nitrogen and oxygen atoms in total. The predicted octanol–water partition coefficient (Wildman–Crippen LogP) is 5.21. The van der Waals surface area contributed by atoms with Crippen LogP contribution in [0.15, 0.2) is 88.8 Å². The molecule has 174 valence electrons. The van der Waals surface area contributed by atoms with Gasteiger partial charge >= 0.3 is 0 Å². The van der Waals surface area contributed by atoms with Crippen molar-refractivity contribution >= 4 is 49.9 Å². The summed E-state index contributed by atoms with van der Waals surface area (Å²) in [6.07, 6.45) is 1.90. The van der Waals surface area contributed by atoms with Crippen molar-refractivity contribution in [3.63, 3.8) is 0 Å². The SMILES string of the molecule is CN(O)C(=S)Sc1cccc(-n2cc(-c3ccc(Cl)cc3)c(-c3ccc(S(N)(=O)=O)cc3)n2)c1. The monoisotopic (exact) mass is 530 g/mol. The fourth-order valence-corrected chi connectivity index (χ4v) is 4.81. The number of halogens is 1. The molecule has 0 aliphatic carbocycles. The van der Waals surface area contributed by atoms with Gasteiger partial charge in [-0.2, -0.15) is 5.10 Å². The second-order valence-corrected chi connectivity index (χ2v) is 11.0. The number of sulfonamides is 1. The zero-order valence-electron chi connectivity index (χ0n) is 17.8. The molecule has 0 spiro atoms. The van der Waals surface area contributed by atoms with E-state index in [4.69, 9.17) is 34.1 Å². The summed E-state index contributed by atoms with van der Waals surface area (Å²) in [4.78, 5) is 0.865. The molecule has 0 atom stereocenters. The topological polar surface area (TPSA) is 101 Å². The minimum absolute atomic E-state index is 0.0262. The molecular formula is C23H19ClN4O3S3. The van der Waals surface area contributed by atoms with Crippen LogP contribution >= 0.6 is 35.6 Å². The van der Waals surface area contributed by atoms with Crippen molar-refractivity contribution in [2.24, 2.45) is 5.14 Å². The van der Waals surface area contributed by atoms with Crippen molar-refractivity contribution in [2.45, 2.75) is 9.79 Å². The first-order chi connectivity index (χ1) is 16.1. The van der Waals surface area contributed by atoms with Crippen LogP contribution in [0.3, 0.4) is 0 Å². The van der Waals surface area contributed by atoms with Gasteiger partial charge in [0.1, 0.15) is 5.69 Å². The first-order valence-corrected chi connectivity index (χ1v) is 13.0. The van der Waals surface area contributed by atoms with Crippen LogP contribution in [0.1, 0.15) is 0 Å². The van der Waals surface area contributed by atoms with E-state index in [0.717, 1.165) is 32.3 Å². The van der Waals surface area contributed by atoms with Gasteiger partial charge in [0.2, 0.25) is 10.0 Å². The van der Waals surface area contributed by atoms with Crippen molar-refractivity contribution in [1.82, 2.24) is 14.8 Å². The Balaban J connectivity index is 1.80. The van der Waals surface area contributed by atoms with E-state index in [1.807, 2.05) is 42.6 Å². The smallest absolute Gasteiger partial charge is 0.238 e. The molecule has 0 saturated heterocycles. The van der Waals surface area contributed by atoms with Crippen molar-refractivity contribution in [2.75, 3.05) is 7.05 Å². The van der Waals surface area contributed by atoms with E-state index in [2.05, 4.69) is 0 Å². The highest BCUT2D eigenvalue weighted by molar-refractivity contribution is 8.22. The van der Waals surface area contributed by atoms with Gasteiger partial charge in [0.05, 0.1) is 10.6 Å². The van der Waals surface area contributed by atoms with Gasteiger partial charge in [-0.25, -0.2) is 23.3 Å². The van der Waals surface area contributed by atoms with Crippen LogP contribution in [0.25, 0.3) is 28.1 Å². The highest BCUT2D eigenvalue weighted by atomic mass is 35.5. The molecule has 4 aromatic rings. The molecule has 0 fully saturated rings. The van der Waals surface area contributed by atoms with Crippen molar-refractivity contribution < 1.29 is 13.6 Å². The molecule has 11 heteroatoms. The first kappa shape index (κ1) is 24.4. The van der Waals surface area contributed by atoms with E-state index in [0.29, 0.717) is 15.0 Å². The average molecular weight is 531 g/mol. The number of hydroxylamine groups is 2. The number of rotatable bonds is 5.